The van der Waals surface area contributed by atoms with Gasteiger partial charge in [0.25, 0.3) is 0 Å². The van der Waals surface area contributed by atoms with Crippen molar-refractivity contribution in [1.82, 2.24) is 9.88 Å². The van der Waals surface area contributed by atoms with Gasteiger partial charge in [0.15, 0.2) is 5.75 Å². The number of aromatic carboxylic acids is 1. The van der Waals surface area contributed by atoms with Crippen molar-refractivity contribution < 1.29 is 14.6 Å². The predicted molar refractivity (Wildman–Crippen MR) is 142 cm³/mol. The Morgan fingerprint density at radius 2 is 1.97 bits per heavy atom. The molecule has 0 saturated heterocycles. The van der Waals surface area contributed by atoms with E-state index in [-0.39, 0.29) is 11.6 Å². The second kappa shape index (κ2) is 9.22. The Kier molecular flexibility index (Phi) is 5.90. The minimum absolute atomic E-state index is 0.192. The van der Waals surface area contributed by atoms with Crippen molar-refractivity contribution in [2.24, 2.45) is 0 Å². The molecular weight excluding hydrogens is 472 g/mol. The fraction of sp³-hybridized carbons (Fsp3) is 0.310. The van der Waals surface area contributed by atoms with Crippen LogP contribution >= 0.6 is 11.3 Å². The van der Waals surface area contributed by atoms with Gasteiger partial charge < -0.3 is 19.7 Å². The first-order chi connectivity index (χ1) is 17.5. The lowest BCUT2D eigenvalue weighted by Gasteiger charge is -2.23. The average molecular weight is 501 g/mol. The second-order valence-electron chi connectivity index (χ2n) is 9.67. The van der Waals surface area contributed by atoms with Gasteiger partial charge in [-0.3, -0.25) is 4.79 Å². The van der Waals surface area contributed by atoms with Crippen LogP contribution in [0.1, 0.15) is 64.1 Å². The number of pyridine rings is 1. The van der Waals surface area contributed by atoms with Gasteiger partial charge in [-0.25, -0.2) is 4.79 Å². The summed E-state index contributed by atoms with van der Waals surface area (Å²) >= 11 is 1.79. The average Bonchev–Trinajstić information content (AvgIpc) is 3.65. The molecule has 2 N–H and O–H groups in total. The highest BCUT2D eigenvalue weighted by Gasteiger charge is 2.30. The number of aryl methyl sites for hydroxylation is 1. The summed E-state index contributed by atoms with van der Waals surface area (Å²) in [4.78, 5) is 27.2. The number of aromatic nitrogens is 1. The van der Waals surface area contributed by atoms with Crippen LogP contribution in [0.5, 0.6) is 5.75 Å². The number of fused-ring (bicyclic) bond motifs is 2. The molecule has 2 heterocycles. The molecule has 1 atom stereocenters. The number of nitrogens with zero attached hydrogens (tertiary/aromatic N) is 1. The van der Waals surface area contributed by atoms with Crippen molar-refractivity contribution in [2.75, 3.05) is 7.11 Å². The van der Waals surface area contributed by atoms with Gasteiger partial charge in [-0.05, 0) is 61.4 Å². The molecule has 1 fully saturated rings. The summed E-state index contributed by atoms with van der Waals surface area (Å²) in [6.45, 7) is 0.830. The Hall–Kier alpha value is -3.42. The Bertz CT molecular complexity index is 1520. The fourth-order valence-electron chi connectivity index (χ4n) is 5.34. The molecule has 6 rings (SSSR count). The van der Waals surface area contributed by atoms with Crippen LogP contribution in [0.3, 0.4) is 0 Å². The molecule has 0 radical (unpaired) electrons. The molecule has 184 valence electrons. The zero-order valence-electron chi connectivity index (χ0n) is 20.1. The summed E-state index contributed by atoms with van der Waals surface area (Å²) in [5, 5.41) is 13.7. The first-order valence-electron chi connectivity index (χ1n) is 12.4. The van der Waals surface area contributed by atoms with Crippen LogP contribution in [-0.2, 0) is 13.0 Å². The number of carboxylic acid groups (broad SMARTS) is 1. The summed E-state index contributed by atoms with van der Waals surface area (Å²) in [5.41, 5.74) is 3.63. The van der Waals surface area contributed by atoms with Gasteiger partial charge >= 0.3 is 5.97 Å². The second-order valence-corrected chi connectivity index (χ2v) is 10.8. The van der Waals surface area contributed by atoms with Crippen LogP contribution < -0.4 is 15.5 Å². The Labute approximate surface area is 213 Å². The third kappa shape index (κ3) is 4.02. The quantitative estimate of drug-likeness (QED) is 0.328. The SMILES string of the molecule is COc1c(-c2cc3c(s2)C(NCc2ccccc2)CCC3)ccc2c(=O)c(C(=O)O)cn(C3CC3)c12. The first-order valence-corrected chi connectivity index (χ1v) is 13.3. The van der Waals surface area contributed by atoms with E-state index in [2.05, 4.69) is 35.6 Å². The van der Waals surface area contributed by atoms with Crippen molar-refractivity contribution in [3.8, 4) is 16.2 Å². The monoisotopic (exact) mass is 500 g/mol. The van der Waals surface area contributed by atoms with Crippen LogP contribution in [0, 0.1) is 0 Å². The zero-order chi connectivity index (χ0) is 24.8. The van der Waals surface area contributed by atoms with E-state index in [1.165, 1.54) is 22.2 Å². The van der Waals surface area contributed by atoms with Gasteiger partial charge in [0.05, 0.1) is 18.0 Å². The van der Waals surface area contributed by atoms with Gasteiger partial charge in [-0.2, -0.15) is 0 Å². The first kappa shape index (κ1) is 23.0. The number of hydrogen-bond acceptors (Lipinski definition) is 5. The summed E-state index contributed by atoms with van der Waals surface area (Å²) < 4.78 is 7.88. The molecule has 2 aromatic carbocycles. The molecule has 7 heteroatoms. The molecule has 4 aromatic rings. The molecule has 0 bridgehead atoms. The molecule has 2 aromatic heterocycles. The van der Waals surface area contributed by atoms with Crippen LogP contribution in [0.25, 0.3) is 21.3 Å². The highest BCUT2D eigenvalue weighted by atomic mass is 32.1. The highest BCUT2D eigenvalue weighted by molar-refractivity contribution is 7.15. The summed E-state index contributed by atoms with van der Waals surface area (Å²) in [6.07, 6.45) is 6.73. The molecular formula is C29H28N2O4S. The van der Waals surface area contributed by atoms with Crippen LogP contribution in [0.4, 0.5) is 0 Å². The largest absolute Gasteiger partial charge is 0.494 e. The van der Waals surface area contributed by atoms with Crippen molar-refractivity contribution in [2.45, 2.75) is 50.7 Å². The minimum Gasteiger partial charge on any atom is -0.494 e. The third-order valence-corrected chi connectivity index (χ3v) is 8.60. The van der Waals surface area contributed by atoms with E-state index < -0.39 is 11.4 Å². The summed E-state index contributed by atoms with van der Waals surface area (Å²) in [7, 11) is 1.63. The van der Waals surface area contributed by atoms with Crippen molar-refractivity contribution in [3.63, 3.8) is 0 Å². The number of benzene rings is 2. The lowest BCUT2D eigenvalue weighted by molar-refractivity contribution is 0.0695. The van der Waals surface area contributed by atoms with Crippen molar-refractivity contribution >= 4 is 28.2 Å². The smallest absolute Gasteiger partial charge is 0.341 e. The predicted octanol–water partition coefficient (Wildman–Crippen LogP) is 5.94. The van der Waals surface area contributed by atoms with Gasteiger partial charge in [-0.15, -0.1) is 11.3 Å². The van der Waals surface area contributed by atoms with E-state index in [9.17, 15) is 14.7 Å². The summed E-state index contributed by atoms with van der Waals surface area (Å²) in [5.74, 6) is -0.555. The molecule has 0 amide bonds. The highest BCUT2D eigenvalue weighted by Crippen LogP contribution is 2.46. The van der Waals surface area contributed by atoms with Gasteiger partial charge in [0, 0.05) is 40.1 Å². The minimum atomic E-state index is -1.20. The molecule has 1 saturated carbocycles. The Balaban J connectivity index is 1.43. The lowest BCUT2D eigenvalue weighted by Crippen LogP contribution is -2.23. The van der Waals surface area contributed by atoms with E-state index in [4.69, 9.17) is 4.74 Å². The molecule has 6 nitrogen and oxygen atoms in total. The number of carboxylic acids is 1. The summed E-state index contributed by atoms with van der Waals surface area (Å²) in [6, 6.07) is 16.9. The molecule has 2 aliphatic carbocycles. The number of rotatable bonds is 7. The number of thiophene rings is 1. The molecule has 0 aliphatic heterocycles. The maximum absolute atomic E-state index is 13.0. The number of ether oxygens (including phenoxy) is 1. The van der Waals surface area contributed by atoms with Crippen LogP contribution in [0.15, 0.2) is 59.5 Å². The van der Waals surface area contributed by atoms with Gasteiger partial charge in [-0.1, -0.05) is 30.3 Å². The topological polar surface area (TPSA) is 80.6 Å². The fourth-order valence-corrected chi connectivity index (χ4v) is 6.68. The van der Waals surface area contributed by atoms with Gasteiger partial charge in [0.1, 0.15) is 5.56 Å². The van der Waals surface area contributed by atoms with E-state index >= 15 is 0 Å². The number of carbonyl (C=O) groups is 1. The van der Waals surface area contributed by atoms with E-state index in [1.54, 1.807) is 24.5 Å². The normalized spacial score (nSPS) is 17.2. The van der Waals surface area contributed by atoms with Crippen LogP contribution in [-0.4, -0.2) is 22.8 Å². The van der Waals surface area contributed by atoms with E-state index in [0.717, 1.165) is 49.1 Å². The van der Waals surface area contributed by atoms with E-state index in [0.29, 0.717) is 22.7 Å². The number of hydrogen-bond donors (Lipinski definition) is 2. The van der Waals surface area contributed by atoms with E-state index in [1.807, 2.05) is 16.7 Å². The maximum atomic E-state index is 13.0. The standard InChI is InChI=1S/C29H28N2O4S/c1-35-27-20(12-13-21-25(27)31(19-10-11-19)16-22(26(21)32)29(33)34)24-14-18-8-5-9-23(28(18)36-24)30-15-17-6-3-2-4-7-17/h2-4,6-7,12-14,16,19,23,30H,5,8-11,15H2,1H3,(H,33,34). The Morgan fingerprint density at radius 1 is 1.17 bits per heavy atom. The molecule has 0 spiro atoms. The van der Waals surface area contributed by atoms with Crippen LogP contribution in [0.2, 0.25) is 0 Å². The lowest BCUT2D eigenvalue weighted by atomic mass is 9.94. The molecule has 1 unspecified atom stereocenters. The van der Waals surface area contributed by atoms with Crippen molar-refractivity contribution in [3.05, 3.63) is 86.5 Å². The zero-order valence-corrected chi connectivity index (χ0v) is 20.9. The van der Waals surface area contributed by atoms with Crippen molar-refractivity contribution in [1.29, 1.82) is 0 Å². The number of methoxy groups -OCH3 is 1. The molecule has 36 heavy (non-hydrogen) atoms. The third-order valence-electron chi connectivity index (χ3n) is 7.28. The number of nitrogens with one attached hydrogen (secondary N) is 1. The van der Waals surface area contributed by atoms with Gasteiger partial charge in [0.2, 0.25) is 5.43 Å². The Morgan fingerprint density at radius 3 is 2.69 bits per heavy atom. The molecule has 2 aliphatic rings. The maximum Gasteiger partial charge on any atom is 0.341 e.